The summed E-state index contributed by atoms with van der Waals surface area (Å²) in [5, 5.41) is 10.3. The van der Waals surface area contributed by atoms with Crippen molar-refractivity contribution in [1.29, 1.82) is 0 Å². The number of carboxylic acid groups (broad SMARTS) is 1. The number of nitrogens with zero attached hydrogens (tertiary/aromatic N) is 1. The molecule has 1 saturated heterocycles. The van der Waals surface area contributed by atoms with Crippen LogP contribution < -0.4 is 9.47 Å². The standard InChI is InChI=1S/C20H22ClNO4/c1-25-14-9-13(10-15(11-14)26-2)12-22-18(7-8-19(22)20(23)24)16-5-3-4-6-17(16)21/h3-6,9-11,18-19H,7-8,12H2,1-2H3,(H,23,24)/t18-,19-/m0/s1. The second-order valence-electron chi connectivity index (χ2n) is 6.36. The zero-order valence-electron chi connectivity index (χ0n) is 14.8. The van der Waals surface area contributed by atoms with Crippen molar-refractivity contribution in [3.63, 3.8) is 0 Å². The van der Waals surface area contributed by atoms with E-state index in [-0.39, 0.29) is 6.04 Å². The second-order valence-corrected chi connectivity index (χ2v) is 6.77. The smallest absolute Gasteiger partial charge is 0.320 e. The summed E-state index contributed by atoms with van der Waals surface area (Å²) < 4.78 is 10.7. The molecular formula is C20H22ClNO4. The van der Waals surface area contributed by atoms with E-state index in [0.717, 1.165) is 17.5 Å². The first kappa shape index (κ1) is 18.5. The molecule has 1 N–H and O–H groups in total. The van der Waals surface area contributed by atoms with E-state index in [1.807, 2.05) is 41.3 Å². The van der Waals surface area contributed by atoms with Crippen molar-refractivity contribution < 1.29 is 19.4 Å². The Kier molecular flexibility index (Phi) is 5.69. The molecule has 0 spiro atoms. The van der Waals surface area contributed by atoms with Crippen molar-refractivity contribution in [2.45, 2.75) is 31.5 Å². The second kappa shape index (κ2) is 7.98. The van der Waals surface area contributed by atoms with Gasteiger partial charge in [-0.2, -0.15) is 0 Å². The zero-order chi connectivity index (χ0) is 18.7. The first-order valence-corrected chi connectivity index (χ1v) is 8.86. The Morgan fingerprint density at radius 2 is 1.81 bits per heavy atom. The van der Waals surface area contributed by atoms with E-state index in [4.69, 9.17) is 21.1 Å². The summed E-state index contributed by atoms with van der Waals surface area (Å²) in [5.41, 5.74) is 1.90. The van der Waals surface area contributed by atoms with Crippen molar-refractivity contribution in [2.75, 3.05) is 14.2 Å². The van der Waals surface area contributed by atoms with Crippen LogP contribution in [0.3, 0.4) is 0 Å². The number of halogens is 1. The first-order chi connectivity index (χ1) is 12.5. The van der Waals surface area contributed by atoms with E-state index in [1.165, 1.54) is 0 Å². The first-order valence-electron chi connectivity index (χ1n) is 8.48. The van der Waals surface area contributed by atoms with Crippen molar-refractivity contribution in [3.05, 3.63) is 58.6 Å². The molecule has 0 unspecified atom stereocenters. The third-order valence-corrected chi connectivity index (χ3v) is 5.18. The minimum Gasteiger partial charge on any atom is -0.497 e. The SMILES string of the molecule is COc1cc(CN2[C@H](C(=O)O)CC[C@H]2c2ccccc2Cl)cc(OC)c1. The molecule has 0 bridgehead atoms. The summed E-state index contributed by atoms with van der Waals surface area (Å²) in [6.07, 6.45) is 1.34. The predicted octanol–water partition coefficient (Wildman–Crippen LogP) is 4.15. The Morgan fingerprint density at radius 3 is 2.38 bits per heavy atom. The summed E-state index contributed by atoms with van der Waals surface area (Å²) in [6, 6.07) is 12.7. The lowest BCUT2D eigenvalue weighted by atomic mass is 10.0. The summed E-state index contributed by atoms with van der Waals surface area (Å²) in [7, 11) is 3.20. The van der Waals surface area contributed by atoms with Crippen molar-refractivity contribution >= 4 is 17.6 Å². The molecule has 0 aliphatic carbocycles. The summed E-state index contributed by atoms with van der Waals surface area (Å²) in [5.74, 6) is 0.550. The molecule has 0 aromatic heterocycles. The van der Waals surface area contributed by atoms with Crippen LogP contribution in [0.5, 0.6) is 11.5 Å². The van der Waals surface area contributed by atoms with Crippen molar-refractivity contribution in [2.24, 2.45) is 0 Å². The molecule has 1 aliphatic rings. The summed E-state index contributed by atoms with van der Waals surface area (Å²) in [4.78, 5) is 13.8. The van der Waals surface area contributed by atoms with Gasteiger partial charge in [0.15, 0.2) is 0 Å². The average molecular weight is 376 g/mol. The van der Waals surface area contributed by atoms with Gasteiger partial charge in [-0.1, -0.05) is 29.8 Å². The number of carboxylic acids is 1. The lowest BCUT2D eigenvalue weighted by molar-refractivity contribution is -0.142. The van der Waals surface area contributed by atoms with Gasteiger partial charge in [0.2, 0.25) is 0 Å². The van der Waals surface area contributed by atoms with E-state index in [0.29, 0.717) is 29.5 Å². The number of hydrogen-bond acceptors (Lipinski definition) is 4. The lowest BCUT2D eigenvalue weighted by Crippen LogP contribution is -2.37. The van der Waals surface area contributed by atoms with Crippen LogP contribution in [0.25, 0.3) is 0 Å². The molecule has 2 aromatic carbocycles. The molecule has 0 saturated carbocycles. The van der Waals surface area contributed by atoms with Crippen LogP contribution in [0.2, 0.25) is 5.02 Å². The van der Waals surface area contributed by atoms with Crippen LogP contribution in [-0.2, 0) is 11.3 Å². The molecule has 3 rings (SSSR count). The van der Waals surface area contributed by atoms with Gasteiger partial charge in [-0.15, -0.1) is 0 Å². The van der Waals surface area contributed by atoms with Gasteiger partial charge in [-0.3, -0.25) is 9.69 Å². The molecule has 1 heterocycles. The van der Waals surface area contributed by atoms with E-state index in [2.05, 4.69) is 0 Å². The molecule has 2 aromatic rings. The van der Waals surface area contributed by atoms with Gasteiger partial charge in [-0.05, 0) is 42.2 Å². The third-order valence-electron chi connectivity index (χ3n) is 4.84. The van der Waals surface area contributed by atoms with Crippen molar-refractivity contribution in [3.8, 4) is 11.5 Å². The van der Waals surface area contributed by atoms with E-state index in [9.17, 15) is 9.90 Å². The average Bonchev–Trinajstić information content (AvgIpc) is 3.05. The van der Waals surface area contributed by atoms with Gasteiger partial charge in [0, 0.05) is 23.7 Å². The van der Waals surface area contributed by atoms with E-state index >= 15 is 0 Å². The lowest BCUT2D eigenvalue weighted by Gasteiger charge is -2.29. The Balaban J connectivity index is 1.95. The minimum atomic E-state index is -0.811. The van der Waals surface area contributed by atoms with Gasteiger partial charge in [-0.25, -0.2) is 0 Å². The van der Waals surface area contributed by atoms with E-state index < -0.39 is 12.0 Å². The maximum absolute atomic E-state index is 11.8. The minimum absolute atomic E-state index is 0.0398. The molecule has 26 heavy (non-hydrogen) atoms. The number of carbonyl (C=O) groups is 1. The number of likely N-dealkylation sites (tertiary alicyclic amines) is 1. The van der Waals surface area contributed by atoms with Crippen LogP contribution in [0.1, 0.15) is 30.0 Å². The number of benzene rings is 2. The molecule has 2 atom stereocenters. The highest BCUT2D eigenvalue weighted by atomic mass is 35.5. The van der Waals surface area contributed by atoms with Crippen LogP contribution in [-0.4, -0.2) is 36.2 Å². The Hall–Kier alpha value is -2.24. The van der Waals surface area contributed by atoms with Crippen LogP contribution >= 0.6 is 11.6 Å². The highest BCUT2D eigenvalue weighted by molar-refractivity contribution is 6.31. The topological polar surface area (TPSA) is 59.0 Å². The fourth-order valence-corrected chi connectivity index (χ4v) is 3.86. The molecule has 0 radical (unpaired) electrons. The molecule has 1 fully saturated rings. The van der Waals surface area contributed by atoms with Gasteiger partial charge in [0.05, 0.1) is 14.2 Å². The number of hydrogen-bond donors (Lipinski definition) is 1. The van der Waals surface area contributed by atoms with Crippen LogP contribution in [0.4, 0.5) is 0 Å². The molecule has 6 heteroatoms. The number of rotatable bonds is 6. The third kappa shape index (κ3) is 3.79. The largest absolute Gasteiger partial charge is 0.497 e. The predicted molar refractivity (Wildman–Crippen MR) is 99.9 cm³/mol. The van der Waals surface area contributed by atoms with Gasteiger partial charge in [0.25, 0.3) is 0 Å². The number of ether oxygens (including phenoxy) is 2. The fraction of sp³-hybridized carbons (Fsp3) is 0.350. The maximum atomic E-state index is 11.8. The molecular weight excluding hydrogens is 354 g/mol. The van der Waals surface area contributed by atoms with Crippen LogP contribution in [0, 0.1) is 0 Å². The maximum Gasteiger partial charge on any atom is 0.320 e. The Labute approximate surface area is 158 Å². The van der Waals surface area contributed by atoms with Crippen molar-refractivity contribution in [1.82, 2.24) is 4.90 Å². The van der Waals surface area contributed by atoms with Gasteiger partial charge < -0.3 is 14.6 Å². The normalized spacial score (nSPS) is 20.1. The molecule has 1 aliphatic heterocycles. The number of methoxy groups -OCH3 is 2. The van der Waals surface area contributed by atoms with Gasteiger partial charge in [0.1, 0.15) is 17.5 Å². The molecule has 5 nitrogen and oxygen atoms in total. The Morgan fingerprint density at radius 1 is 1.15 bits per heavy atom. The Bertz CT molecular complexity index is 773. The summed E-state index contributed by atoms with van der Waals surface area (Å²) >= 11 is 6.38. The molecule has 0 amide bonds. The zero-order valence-corrected chi connectivity index (χ0v) is 15.6. The highest BCUT2D eigenvalue weighted by Crippen LogP contribution is 2.40. The summed E-state index contributed by atoms with van der Waals surface area (Å²) in [6.45, 7) is 0.473. The monoisotopic (exact) mass is 375 g/mol. The number of aliphatic carboxylic acids is 1. The van der Waals surface area contributed by atoms with E-state index in [1.54, 1.807) is 20.3 Å². The highest BCUT2D eigenvalue weighted by Gasteiger charge is 2.39. The van der Waals surface area contributed by atoms with Crippen LogP contribution in [0.15, 0.2) is 42.5 Å². The quantitative estimate of drug-likeness (QED) is 0.822. The fourth-order valence-electron chi connectivity index (χ4n) is 3.60. The van der Waals surface area contributed by atoms with Gasteiger partial charge >= 0.3 is 5.97 Å². The molecule has 138 valence electrons.